The molecule has 0 amide bonds. The third-order valence-electron chi connectivity index (χ3n) is 0.601. The number of hydrogen-bond donors (Lipinski definition) is 1. The molecular formula is C4H5NO3S. The van der Waals surface area contributed by atoms with Crippen molar-refractivity contribution in [3.63, 3.8) is 0 Å². The number of rotatable bonds is 1. The van der Waals surface area contributed by atoms with Crippen LogP contribution in [0.15, 0.2) is 11.3 Å². The average Bonchev–Trinajstić information content (AvgIpc) is 1.65. The van der Waals surface area contributed by atoms with Crippen LogP contribution < -0.4 is 0 Å². The fourth-order valence-electron chi connectivity index (χ4n) is 0.208. The first-order valence-corrected chi connectivity index (χ1v) is 3.83. The minimum Gasteiger partial charge on any atom is -0.526 e. The molecule has 9 heavy (non-hydrogen) atoms. The third kappa shape index (κ3) is 2.15. The number of sulfone groups is 1. The molecule has 0 saturated heterocycles. The van der Waals surface area contributed by atoms with E-state index in [1.807, 2.05) is 0 Å². The quantitative estimate of drug-likeness (QED) is 0.429. The third-order valence-corrected chi connectivity index (χ3v) is 1.56. The van der Waals surface area contributed by atoms with Gasteiger partial charge in [-0.1, -0.05) is 0 Å². The summed E-state index contributed by atoms with van der Waals surface area (Å²) < 4.78 is 20.7. The zero-order valence-corrected chi connectivity index (χ0v) is 5.51. The fraction of sp³-hybridized carbons (Fsp3) is 0.250. The highest BCUT2D eigenvalue weighted by Crippen LogP contribution is 2.02. The van der Waals surface area contributed by atoms with Crippen LogP contribution in [-0.4, -0.2) is 19.8 Å². The number of hydrogen-bond acceptors (Lipinski definition) is 3. The van der Waals surface area contributed by atoms with E-state index < -0.39 is 14.9 Å². The molecule has 0 spiro atoms. The molecule has 4 nitrogen and oxygen atoms in total. The van der Waals surface area contributed by atoms with E-state index in [1.165, 1.54) is 0 Å². The predicted octanol–water partition coefficient (Wildman–Crippen LogP) is 0.307. The van der Waals surface area contributed by atoms with Gasteiger partial charge >= 0.3 is 5.03 Å². The van der Waals surface area contributed by atoms with E-state index in [0.717, 1.165) is 6.26 Å². The van der Waals surface area contributed by atoms with Gasteiger partial charge in [0, 0.05) is 6.26 Å². The minimum absolute atomic E-state index is 0.280. The van der Waals surface area contributed by atoms with Crippen molar-refractivity contribution in [3.8, 4) is 0 Å². The normalized spacial score (nSPS) is 12.7. The Morgan fingerprint density at radius 1 is 1.78 bits per heavy atom. The Hall–Kier alpha value is -1.02. The van der Waals surface area contributed by atoms with Gasteiger partial charge in [-0.2, -0.15) is 0 Å². The first kappa shape index (κ1) is 7.98. The Bertz CT molecular complexity index is 256. The lowest BCUT2D eigenvalue weighted by atomic mass is 11.0. The molecular weight excluding hydrogens is 142 g/mol. The zero-order chi connectivity index (χ0) is 7.49. The van der Waals surface area contributed by atoms with Gasteiger partial charge in [-0.15, -0.1) is 0 Å². The highest BCUT2D eigenvalue weighted by Gasteiger charge is 2.10. The van der Waals surface area contributed by atoms with Crippen molar-refractivity contribution >= 4 is 9.84 Å². The SMILES string of the molecule is [C-]#[N+]/C(=C/O)S(C)(=O)=O. The van der Waals surface area contributed by atoms with Gasteiger partial charge < -0.3 is 5.11 Å². The summed E-state index contributed by atoms with van der Waals surface area (Å²) in [6.07, 6.45) is 1.13. The van der Waals surface area contributed by atoms with Crippen LogP contribution in [0.3, 0.4) is 0 Å². The summed E-state index contributed by atoms with van der Waals surface area (Å²) in [5, 5.41) is 7.47. The van der Waals surface area contributed by atoms with E-state index in [2.05, 4.69) is 4.85 Å². The standard InChI is InChI=1S/C4H5NO3S/c1-5-4(3-6)9(2,7)8/h3,6H,2H3/b4-3-. The van der Waals surface area contributed by atoms with Gasteiger partial charge in [0.2, 0.25) is 0 Å². The topological polar surface area (TPSA) is 58.7 Å². The summed E-state index contributed by atoms with van der Waals surface area (Å²) >= 11 is 0. The van der Waals surface area contributed by atoms with E-state index in [1.54, 1.807) is 0 Å². The molecule has 50 valence electrons. The molecule has 0 unspecified atom stereocenters. The van der Waals surface area contributed by atoms with E-state index in [9.17, 15) is 8.42 Å². The fourth-order valence-corrected chi connectivity index (χ4v) is 0.565. The maximum atomic E-state index is 10.4. The van der Waals surface area contributed by atoms with Crippen molar-refractivity contribution in [2.24, 2.45) is 0 Å². The maximum Gasteiger partial charge on any atom is 0.311 e. The van der Waals surface area contributed by atoms with Crippen LogP contribution in [0.25, 0.3) is 4.85 Å². The van der Waals surface area contributed by atoms with Crippen molar-refractivity contribution < 1.29 is 13.5 Å². The highest BCUT2D eigenvalue weighted by atomic mass is 32.2. The molecule has 0 fully saturated rings. The van der Waals surface area contributed by atoms with Crippen LogP contribution >= 0.6 is 0 Å². The molecule has 0 aliphatic heterocycles. The van der Waals surface area contributed by atoms with E-state index in [-0.39, 0.29) is 6.26 Å². The van der Waals surface area contributed by atoms with E-state index in [4.69, 9.17) is 11.7 Å². The van der Waals surface area contributed by atoms with Gasteiger partial charge in [0.15, 0.2) is 9.84 Å². The average molecular weight is 147 g/mol. The lowest BCUT2D eigenvalue weighted by Gasteiger charge is -1.87. The first-order valence-electron chi connectivity index (χ1n) is 1.94. The number of aliphatic hydroxyl groups is 1. The molecule has 0 rings (SSSR count). The smallest absolute Gasteiger partial charge is 0.311 e. The Morgan fingerprint density at radius 2 is 2.22 bits per heavy atom. The van der Waals surface area contributed by atoms with Crippen LogP contribution in [0.5, 0.6) is 0 Å². The lowest BCUT2D eigenvalue weighted by Crippen LogP contribution is -1.96. The lowest BCUT2D eigenvalue weighted by molar-refractivity contribution is 0.471. The van der Waals surface area contributed by atoms with Crippen molar-refractivity contribution in [1.82, 2.24) is 0 Å². The molecule has 0 aromatic rings. The molecule has 0 aliphatic rings. The number of aliphatic hydroxyl groups excluding tert-OH is 1. The summed E-state index contributed by atoms with van der Waals surface area (Å²) in [6, 6.07) is 0. The van der Waals surface area contributed by atoms with Gasteiger partial charge in [-0.25, -0.2) is 13.3 Å². The van der Waals surface area contributed by atoms with Crippen molar-refractivity contribution in [1.29, 1.82) is 0 Å². The zero-order valence-electron chi connectivity index (χ0n) is 4.70. The predicted molar refractivity (Wildman–Crippen MR) is 32.2 cm³/mol. The Labute approximate surface area is 53.2 Å². The summed E-state index contributed by atoms with van der Waals surface area (Å²) in [5.41, 5.74) is 0. The van der Waals surface area contributed by atoms with E-state index in [0.29, 0.717) is 0 Å². The van der Waals surface area contributed by atoms with Gasteiger partial charge in [-0.05, 0) is 0 Å². The van der Waals surface area contributed by atoms with Gasteiger partial charge in [0.1, 0.15) is 0 Å². The summed E-state index contributed by atoms with van der Waals surface area (Å²) in [6.45, 7) is 6.23. The molecule has 0 aromatic carbocycles. The molecule has 0 heterocycles. The molecule has 0 saturated carbocycles. The van der Waals surface area contributed by atoms with Crippen LogP contribution in [-0.2, 0) is 9.84 Å². The molecule has 0 aliphatic carbocycles. The summed E-state index contributed by atoms with van der Waals surface area (Å²) in [4.78, 5) is 2.55. The minimum atomic E-state index is -3.51. The van der Waals surface area contributed by atoms with Gasteiger partial charge in [0.05, 0.1) is 12.8 Å². The van der Waals surface area contributed by atoms with E-state index >= 15 is 0 Å². The van der Waals surface area contributed by atoms with Crippen molar-refractivity contribution in [3.05, 3.63) is 22.7 Å². The van der Waals surface area contributed by atoms with Crippen LogP contribution in [0.4, 0.5) is 0 Å². The van der Waals surface area contributed by atoms with Crippen LogP contribution in [0.2, 0.25) is 0 Å². The Morgan fingerprint density at radius 3 is 2.22 bits per heavy atom. The number of nitrogens with zero attached hydrogens (tertiary/aromatic N) is 1. The maximum absolute atomic E-state index is 10.4. The summed E-state index contributed by atoms with van der Waals surface area (Å²) in [7, 11) is -3.51. The van der Waals surface area contributed by atoms with Gasteiger partial charge in [-0.3, -0.25) is 0 Å². The highest BCUT2D eigenvalue weighted by molar-refractivity contribution is 7.94. The van der Waals surface area contributed by atoms with Crippen molar-refractivity contribution in [2.45, 2.75) is 0 Å². The molecule has 5 heteroatoms. The first-order chi connectivity index (χ1) is 4.02. The molecule has 0 radical (unpaired) electrons. The second kappa shape index (κ2) is 2.51. The second-order valence-corrected chi connectivity index (χ2v) is 3.31. The Balaban J connectivity index is 4.85. The van der Waals surface area contributed by atoms with Crippen LogP contribution in [0, 0.1) is 6.57 Å². The van der Waals surface area contributed by atoms with Gasteiger partial charge in [0.25, 0.3) is 0 Å². The summed E-state index contributed by atoms with van der Waals surface area (Å²) in [5.74, 6) is 0. The monoisotopic (exact) mass is 147 g/mol. The molecule has 0 aromatic heterocycles. The molecule has 1 N–H and O–H groups in total. The van der Waals surface area contributed by atoms with Crippen molar-refractivity contribution in [2.75, 3.05) is 6.26 Å². The Kier molecular flexibility index (Phi) is 2.22. The second-order valence-electron chi connectivity index (χ2n) is 1.35. The largest absolute Gasteiger partial charge is 0.526 e. The van der Waals surface area contributed by atoms with Crippen LogP contribution in [0.1, 0.15) is 0 Å². The molecule has 0 bridgehead atoms. The molecule has 0 atom stereocenters.